The number of nitrogens with zero attached hydrogens (tertiary/aromatic N) is 3. The highest BCUT2D eigenvalue weighted by atomic mass is 19.1. The van der Waals surface area contributed by atoms with E-state index in [1.165, 1.54) is 17.7 Å². The average molecular weight is 353 g/mol. The molecule has 2 aliphatic rings. The van der Waals surface area contributed by atoms with Gasteiger partial charge in [0.2, 0.25) is 5.91 Å². The lowest BCUT2D eigenvalue weighted by atomic mass is 9.72. The van der Waals surface area contributed by atoms with Crippen molar-refractivity contribution in [3.05, 3.63) is 60.2 Å². The van der Waals surface area contributed by atoms with Gasteiger partial charge >= 0.3 is 0 Å². The molecule has 1 spiro atoms. The van der Waals surface area contributed by atoms with E-state index >= 15 is 0 Å². The standard InChI is InChI=1S/C21H24FN3O/c22-18-5-7-19(8-6-18)25-13-3-10-21(20(25)26)9-2-12-24(16-21)15-17-4-1-11-23-14-17/h1,4-8,11,14H,2-3,9-10,12-13,15-16H2. The van der Waals surface area contributed by atoms with Gasteiger partial charge in [-0.05, 0) is 68.1 Å². The minimum absolute atomic E-state index is 0.200. The molecule has 1 unspecified atom stereocenters. The third-order valence-corrected chi connectivity index (χ3v) is 5.66. The summed E-state index contributed by atoms with van der Waals surface area (Å²) in [7, 11) is 0. The second-order valence-corrected chi connectivity index (χ2v) is 7.49. The quantitative estimate of drug-likeness (QED) is 0.845. The van der Waals surface area contributed by atoms with Gasteiger partial charge in [0.25, 0.3) is 0 Å². The first-order chi connectivity index (χ1) is 12.7. The van der Waals surface area contributed by atoms with Gasteiger partial charge in [-0.3, -0.25) is 14.7 Å². The molecule has 4 rings (SSSR count). The smallest absolute Gasteiger partial charge is 0.234 e. The van der Waals surface area contributed by atoms with Crippen molar-refractivity contribution in [3.63, 3.8) is 0 Å². The van der Waals surface area contributed by atoms with E-state index in [9.17, 15) is 9.18 Å². The van der Waals surface area contributed by atoms with Gasteiger partial charge in [0, 0.05) is 37.7 Å². The van der Waals surface area contributed by atoms with Crippen LogP contribution in [-0.2, 0) is 11.3 Å². The number of carbonyl (C=O) groups is 1. The van der Waals surface area contributed by atoms with Crippen LogP contribution in [0.15, 0.2) is 48.8 Å². The second-order valence-electron chi connectivity index (χ2n) is 7.49. The number of amides is 1. The van der Waals surface area contributed by atoms with Crippen LogP contribution in [0.25, 0.3) is 0 Å². The molecular weight excluding hydrogens is 329 g/mol. The monoisotopic (exact) mass is 353 g/mol. The number of carbonyl (C=O) groups excluding carboxylic acids is 1. The Balaban J connectivity index is 1.52. The fourth-order valence-electron chi connectivity index (χ4n) is 4.43. The van der Waals surface area contributed by atoms with Gasteiger partial charge in [-0.25, -0.2) is 4.39 Å². The zero-order valence-electron chi connectivity index (χ0n) is 14.9. The van der Waals surface area contributed by atoms with Gasteiger partial charge in [-0.1, -0.05) is 6.07 Å². The maximum Gasteiger partial charge on any atom is 0.234 e. The molecule has 0 saturated carbocycles. The van der Waals surface area contributed by atoms with Gasteiger partial charge in [-0.2, -0.15) is 0 Å². The maximum atomic E-state index is 13.4. The molecule has 2 aliphatic heterocycles. The number of pyridine rings is 1. The minimum Gasteiger partial charge on any atom is -0.312 e. The molecule has 3 heterocycles. The fraction of sp³-hybridized carbons (Fsp3) is 0.429. The first kappa shape index (κ1) is 17.2. The van der Waals surface area contributed by atoms with Gasteiger partial charge in [0.15, 0.2) is 0 Å². The lowest BCUT2D eigenvalue weighted by Gasteiger charge is -2.47. The molecule has 0 radical (unpaired) electrons. The maximum absolute atomic E-state index is 13.4. The molecule has 2 saturated heterocycles. The number of hydrogen-bond donors (Lipinski definition) is 0. The lowest BCUT2D eigenvalue weighted by molar-refractivity contribution is -0.134. The summed E-state index contributed by atoms with van der Waals surface area (Å²) in [5, 5.41) is 0. The molecule has 1 aromatic heterocycles. The summed E-state index contributed by atoms with van der Waals surface area (Å²) in [5.41, 5.74) is 1.68. The number of halogens is 1. The highest BCUT2D eigenvalue weighted by Crippen LogP contribution is 2.41. The van der Waals surface area contributed by atoms with Crippen molar-refractivity contribution in [1.82, 2.24) is 9.88 Å². The van der Waals surface area contributed by atoms with Crippen LogP contribution in [0, 0.1) is 11.2 Å². The first-order valence-corrected chi connectivity index (χ1v) is 9.35. The summed E-state index contributed by atoms with van der Waals surface area (Å²) in [6.45, 7) is 3.35. The predicted octanol–water partition coefficient (Wildman–Crippen LogP) is 3.63. The molecule has 5 heteroatoms. The van der Waals surface area contributed by atoms with Crippen LogP contribution in [0.5, 0.6) is 0 Å². The highest BCUT2D eigenvalue weighted by Gasteiger charge is 2.46. The third-order valence-electron chi connectivity index (χ3n) is 5.66. The van der Waals surface area contributed by atoms with Gasteiger partial charge in [0.05, 0.1) is 5.41 Å². The Morgan fingerprint density at radius 1 is 1.08 bits per heavy atom. The normalized spacial score (nSPS) is 24.2. The molecule has 0 aliphatic carbocycles. The summed E-state index contributed by atoms with van der Waals surface area (Å²) < 4.78 is 13.2. The summed E-state index contributed by atoms with van der Waals surface area (Å²) in [6, 6.07) is 10.3. The third kappa shape index (κ3) is 3.36. The van der Waals surface area contributed by atoms with Crippen LogP contribution in [0.3, 0.4) is 0 Å². The van der Waals surface area contributed by atoms with Crippen molar-refractivity contribution in [2.24, 2.45) is 5.41 Å². The molecule has 1 atom stereocenters. The van der Waals surface area contributed by atoms with E-state index < -0.39 is 0 Å². The van der Waals surface area contributed by atoms with Crippen molar-refractivity contribution < 1.29 is 9.18 Å². The Morgan fingerprint density at radius 3 is 2.58 bits per heavy atom. The number of aromatic nitrogens is 1. The average Bonchev–Trinajstić information content (AvgIpc) is 2.66. The van der Waals surface area contributed by atoms with Crippen LogP contribution in [0.4, 0.5) is 10.1 Å². The molecule has 136 valence electrons. The van der Waals surface area contributed by atoms with Crippen LogP contribution >= 0.6 is 0 Å². The van der Waals surface area contributed by atoms with Crippen molar-refractivity contribution in [2.75, 3.05) is 24.5 Å². The Bertz CT molecular complexity index is 761. The van der Waals surface area contributed by atoms with E-state index in [0.29, 0.717) is 0 Å². The fourth-order valence-corrected chi connectivity index (χ4v) is 4.43. The molecule has 2 aromatic rings. The van der Waals surface area contributed by atoms with Gasteiger partial charge in [0.1, 0.15) is 5.82 Å². The molecule has 26 heavy (non-hydrogen) atoms. The van der Waals surface area contributed by atoms with Crippen molar-refractivity contribution in [1.29, 1.82) is 0 Å². The number of benzene rings is 1. The number of piperidine rings is 2. The SMILES string of the molecule is O=C1N(c2ccc(F)cc2)CCCC12CCCN(Cc1cccnc1)C2. The van der Waals surface area contributed by atoms with E-state index in [2.05, 4.69) is 16.0 Å². The van der Waals surface area contributed by atoms with Crippen LogP contribution in [-0.4, -0.2) is 35.4 Å². The predicted molar refractivity (Wildman–Crippen MR) is 99.2 cm³/mol. The van der Waals surface area contributed by atoms with E-state index in [1.807, 2.05) is 17.2 Å². The highest BCUT2D eigenvalue weighted by molar-refractivity contribution is 5.98. The Morgan fingerprint density at radius 2 is 1.85 bits per heavy atom. The summed E-state index contributed by atoms with van der Waals surface area (Å²) in [4.78, 5) is 21.8. The minimum atomic E-state index is -0.312. The van der Waals surface area contributed by atoms with Gasteiger partial charge < -0.3 is 4.90 Å². The van der Waals surface area contributed by atoms with E-state index in [1.54, 1.807) is 18.3 Å². The molecule has 4 nitrogen and oxygen atoms in total. The summed E-state index contributed by atoms with van der Waals surface area (Å²) in [5.74, 6) is -0.0699. The molecule has 1 aromatic carbocycles. The second kappa shape index (κ2) is 7.16. The topological polar surface area (TPSA) is 36.4 Å². The van der Waals surface area contributed by atoms with E-state index in [-0.39, 0.29) is 17.1 Å². The zero-order chi connectivity index (χ0) is 18.0. The number of likely N-dealkylation sites (tertiary alicyclic amines) is 1. The number of hydrogen-bond acceptors (Lipinski definition) is 3. The molecular formula is C21H24FN3O. The molecule has 1 amide bonds. The molecule has 0 N–H and O–H groups in total. The number of anilines is 1. The Hall–Kier alpha value is -2.27. The van der Waals surface area contributed by atoms with Crippen molar-refractivity contribution in [2.45, 2.75) is 32.2 Å². The Labute approximate surface area is 153 Å². The number of rotatable bonds is 3. The van der Waals surface area contributed by atoms with Crippen LogP contribution < -0.4 is 4.90 Å². The van der Waals surface area contributed by atoms with Gasteiger partial charge in [-0.15, -0.1) is 0 Å². The lowest BCUT2D eigenvalue weighted by Crippen LogP contribution is -2.56. The molecule has 0 bridgehead atoms. The largest absolute Gasteiger partial charge is 0.312 e. The zero-order valence-corrected chi connectivity index (χ0v) is 14.9. The van der Waals surface area contributed by atoms with Crippen LogP contribution in [0.2, 0.25) is 0 Å². The van der Waals surface area contributed by atoms with E-state index in [4.69, 9.17) is 0 Å². The Kier molecular flexibility index (Phi) is 4.72. The van der Waals surface area contributed by atoms with Crippen molar-refractivity contribution in [3.8, 4) is 0 Å². The molecule has 2 fully saturated rings. The van der Waals surface area contributed by atoms with Crippen LogP contribution in [0.1, 0.15) is 31.2 Å². The summed E-state index contributed by atoms with van der Waals surface area (Å²) in [6.07, 6.45) is 7.58. The van der Waals surface area contributed by atoms with E-state index in [0.717, 1.165) is 57.5 Å². The summed E-state index contributed by atoms with van der Waals surface area (Å²) >= 11 is 0. The first-order valence-electron chi connectivity index (χ1n) is 9.35. The van der Waals surface area contributed by atoms with Crippen molar-refractivity contribution >= 4 is 11.6 Å².